The van der Waals surface area contributed by atoms with Crippen molar-refractivity contribution in [3.8, 4) is 0 Å². The van der Waals surface area contributed by atoms with Crippen LogP contribution in [0.5, 0.6) is 0 Å². The van der Waals surface area contributed by atoms with Gasteiger partial charge in [0.25, 0.3) is 0 Å². The normalized spacial score (nSPS) is 11.6. The van der Waals surface area contributed by atoms with Crippen molar-refractivity contribution in [3.63, 3.8) is 0 Å². The van der Waals surface area contributed by atoms with E-state index in [1.807, 2.05) is 42.5 Å². The van der Waals surface area contributed by atoms with Gasteiger partial charge >= 0.3 is 0 Å². The fourth-order valence-corrected chi connectivity index (χ4v) is 2.95. The smallest absolute Gasteiger partial charge is 0.136 e. The Labute approximate surface area is 103 Å². The van der Waals surface area contributed by atoms with Crippen LogP contribution in [0.1, 0.15) is 25.3 Å². The lowest BCUT2D eigenvalue weighted by atomic mass is 10.0. The summed E-state index contributed by atoms with van der Waals surface area (Å²) >= 11 is 0. The SMILES string of the molecule is CC(C)c1cccc([P](=O)c2ccccc2)c1. The van der Waals surface area contributed by atoms with Crippen LogP contribution >= 0.6 is 7.80 Å². The average Bonchev–Trinajstić information content (AvgIpc) is 2.39. The molecule has 1 nitrogen and oxygen atoms in total. The molecule has 0 N–H and O–H groups in total. The van der Waals surface area contributed by atoms with Gasteiger partial charge in [-0.05, 0) is 35.7 Å². The first-order chi connectivity index (χ1) is 8.18. The molecule has 1 radical (unpaired) electrons. The van der Waals surface area contributed by atoms with Crippen molar-refractivity contribution in [2.45, 2.75) is 19.8 Å². The Hall–Kier alpha value is -1.46. The van der Waals surface area contributed by atoms with Gasteiger partial charge in [-0.2, -0.15) is 0 Å². The van der Waals surface area contributed by atoms with Crippen LogP contribution in [0.15, 0.2) is 54.6 Å². The zero-order valence-electron chi connectivity index (χ0n) is 10.1. The molecule has 2 aromatic carbocycles. The lowest BCUT2D eigenvalue weighted by molar-refractivity contribution is 0.598. The van der Waals surface area contributed by atoms with Gasteiger partial charge in [0, 0.05) is 10.6 Å². The van der Waals surface area contributed by atoms with Gasteiger partial charge in [0.1, 0.15) is 7.80 Å². The Morgan fingerprint density at radius 1 is 0.882 bits per heavy atom. The van der Waals surface area contributed by atoms with Crippen LogP contribution in [0.4, 0.5) is 0 Å². The summed E-state index contributed by atoms with van der Waals surface area (Å²) in [7, 11) is -1.46. The van der Waals surface area contributed by atoms with E-state index < -0.39 is 7.80 Å². The molecule has 1 atom stereocenters. The molecule has 0 saturated carbocycles. The Bertz CT molecular complexity index is 517. The molecular formula is C15H16OP. The van der Waals surface area contributed by atoms with Gasteiger partial charge < -0.3 is 0 Å². The van der Waals surface area contributed by atoms with Crippen molar-refractivity contribution >= 4 is 18.4 Å². The predicted molar refractivity (Wildman–Crippen MR) is 73.8 cm³/mol. The van der Waals surface area contributed by atoms with Gasteiger partial charge in [-0.15, -0.1) is 0 Å². The zero-order chi connectivity index (χ0) is 12.3. The van der Waals surface area contributed by atoms with Crippen LogP contribution in [0.3, 0.4) is 0 Å². The number of benzene rings is 2. The summed E-state index contributed by atoms with van der Waals surface area (Å²) in [5.41, 5.74) is 1.24. The van der Waals surface area contributed by atoms with Gasteiger partial charge in [0.15, 0.2) is 0 Å². The first kappa shape index (κ1) is 12.0. The summed E-state index contributed by atoms with van der Waals surface area (Å²) in [6, 6.07) is 17.7. The molecule has 0 spiro atoms. The molecule has 0 saturated heterocycles. The van der Waals surface area contributed by atoms with E-state index in [4.69, 9.17) is 0 Å². The van der Waals surface area contributed by atoms with E-state index >= 15 is 0 Å². The minimum absolute atomic E-state index is 0.467. The molecule has 87 valence electrons. The summed E-state index contributed by atoms with van der Waals surface area (Å²) in [4.78, 5) is 0. The van der Waals surface area contributed by atoms with Crippen LogP contribution in [-0.2, 0) is 4.57 Å². The van der Waals surface area contributed by atoms with Crippen LogP contribution in [-0.4, -0.2) is 0 Å². The Morgan fingerprint density at radius 2 is 1.53 bits per heavy atom. The molecule has 2 heteroatoms. The minimum Gasteiger partial charge on any atom is -0.277 e. The Kier molecular flexibility index (Phi) is 3.71. The van der Waals surface area contributed by atoms with Crippen LogP contribution in [0.25, 0.3) is 0 Å². The molecule has 2 rings (SSSR count). The van der Waals surface area contributed by atoms with Gasteiger partial charge in [-0.25, -0.2) is 0 Å². The summed E-state index contributed by atoms with van der Waals surface area (Å²) in [5, 5.41) is 1.81. The van der Waals surface area contributed by atoms with Crippen molar-refractivity contribution in [1.82, 2.24) is 0 Å². The molecule has 0 amide bonds. The largest absolute Gasteiger partial charge is 0.277 e. The van der Waals surface area contributed by atoms with E-state index in [9.17, 15) is 4.57 Å². The molecule has 0 aliphatic carbocycles. The first-order valence-corrected chi connectivity index (χ1v) is 7.06. The monoisotopic (exact) mass is 243 g/mol. The second-order valence-electron chi connectivity index (χ2n) is 4.38. The summed E-state index contributed by atoms with van der Waals surface area (Å²) in [6.45, 7) is 4.30. The highest BCUT2D eigenvalue weighted by molar-refractivity contribution is 7.61. The van der Waals surface area contributed by atoms with E-state index in [1.54, 1.807) is 0 Å². The van der Waals surface area contributed by atoms with Crippen molar-refractivity contribution in [3.05, 3.63) is 60.2 Å². The van der Waals surface area contributed by atoms with Crippen molar-refractivity contribution in [2.24, 2.45) is 0 Å². The highest BCUT2D eigenvalue weighted by atomic mass is 31.1. The molecular weight excluding hydrogens is 227 g/mol. The van der Waals surface area contributed by atoms with Crippen LogP contribution < -0.4 is 10.6 Å². The number of hydrogen-bond donors (Lipinski definition) is 0. The van der Waals surface area contributed by atoms with Gasteiger partial charge in [0.2, 0.25) is 0 Å². The Morgan fingerprint density at radius 3 is 2.18 bits per heavy atom. The van der Waals surface area contributed by atoms with E-state index in [0.29, 0.717) is 5.92 Å². The van der Waals surface area contributed by atoms with E-state index in [0.717, 1.165) is 10.6 Å². The molecule has 0 fully saturated rings. The third kappa shape index (κ3) is 2.81. The fraction of sp³-hybridized carbons (Fsp3) is 0.200. The second kappa shape index (κ2) is 5.25. The molecule has 2 aromatic rings. The average molecular weight is 243 g/mol. The highest BCUT2D eigenvalue weighted by Gasteiger charge is 2.08. The topological polar surface area (TPSA) is 17.1 Å². The maximum Gasteiger partial charge on any atom is 0.136 e. The van der Waals surface area contributed by atoms with Gasteiger partial charge in [0.05, 0.1) is 0 Å². The Balaban J connectivity index is 2.35. The standard InChI is InChI=1S/C15H16OP/c1-12(2)13-7-6-10-15(11-13)17(16)14-8-4-3-5-9-14/h3-12H,1-2H3. The van der Waals surface area contributed by atoms with E-state index in [2.05, 4.69) is 26.0 Å². The van der Waals surface area contributed by atoms with E-state index in [1.165, 1.54) is 5.56 Å². The third-order valence-corrected chi connectivity index (χ3v) is 4.28. The van der Waals surface area contributed by atoms with Crippen molar-refractivity contribution in [1.29, 1.82) is 0 Å². The van der Waals surface area contributed by atoms with Gasteiger partial charge in [-0.1, -0.05) is 44.2 Å². The molecule has 0 bridgehead atoms. The van der Waals surface area contributed by atoms with Crippen LogP contribution in [0, 0.1) is 0 Å². The van der Waals surface area contributed by atoms with E-state index in [-0.39, 0.29) is 0 Å². The quantitative estimate of drug-likeness (QED) is 0.753. The lowest BCUT2D eigenvalue weighted by Gasteiger charge is -2.07. The zero-order valence-corrected chi connectivity index (χ0v) is 11.0. The minimum atomic E-state index is -1.46. The molecule has 1 unspecified atom stereocenters. The van der Waals surface area contributed by atoms with Gasteiger partial charge in [-0.3, -0.25) is 4.57 Å². The molecule has 0 aliphatic rings. The highest BCUT2D eigenvalue weighted by Crippen LogP contribution is 2.21. The third-order valence-electron chi connectivity index (χ3n) is 2.76. The first-order valence-electron chi connectivity index (χ1n) is 5.81. The maximum absolute atomic E-state index is 12.4. The lowest BCUT2D eigenvalue weighted by Crippen LogP contribution is -2.07. The number of rotatable bonds is 3. The summed E-state index contributed by atoms with van der Waals surface area (Å²) < 4.78 is 12.4. The number of hydrogen-bond acceptors (Lipinski definition) is 1. The summed E-state index contributed by atoms with van der Waals surface area (Å²) in [5.74, 6) is 0.467. The summed E-state index contributed by atoms with van der Waals surface area (Å²) in [6.07, 6.45) is 0. The van der Waals surface area contributed by atoms with Crippen molar-refractivity contribution < 1.29 is 4.57 Å². The second-order valence-corrected chi connectivity index (χ2v) is 6.00. The van der Waals surface area contributed by atoms with Crippen molar-refractivity contribution in [2.75, 3.05) is 0 Å². The molecule has 17 heavy (non-hydrogen) atoms. The molecule has 0 heterocycles. The maximum atomic E-state index is 12.4. The molecule has 0 aromatic heterocycles. The predicted octanol–water partition coefficient (Wildman–Crippen LogP) is 3.59. The fourth-order valence-electron chi connectivity index (χ4n) is 1.72. The molecule has 0 aliphatic heterocycles. The van der Waals surface area contributed by atoms with Crippen LogP contribution in [0.2, 0.25) is 0 Å².